The summed E-state index contributed by atoms with van der Waals surface area (Å²) < 4.78 is 13.9. The topological polar surface area (TPSA) is 63.4 Å². The lowest BCUT2D eigenvalue weighted by atomic mass is 10.1. The van der Waals surface area contributed by atoms with Crippen molar-refractivity contribution < 1.29 is 14.0 Å². The summed E-state index contributed by atoms with van der Waals surface area (Å²) in [6.07, 6.45) is 0.568. The van der Waals surface area contributed by atoms with Gasteiger partial charge in [-0.1, -0.05) is 11.6 Å². The number of rotatable bonds is 2. The van der Waals surface area contributed by atoms with Crippen molar-refractivity contribution in [3.63, 3.8) is 0 Å². The van der Waals surface area contributed by atoms with Crippen molar-refractivity contribution >= 4 is 44.8 Å². The molecule has 2 N–H and O–H groups in total. The molecule has 2 heterocycles. The van der Waals surface area contributed by atoms with Crippen LogP contribution in [0.3, 0.4) is 0 Å². The van der Waals surface area contributed by atoms with Crippen LogP contribution in [0, 0.1) is 11.7 Å². The number of primary amides is 1. The van der Waals surface area contributed by atoms with Crippen LogP contribution in [0.2, 0.25) is 5.02 Å². The van der Waals surface area contributed by atoms with Crippen LogP contribution in [0.1, 0.15) is 16.1 Å². The molecule has 4 nitrogen and oxygen atoms in total. The fourth-order valence-electron chi connectivity index (χ4n) is 2.50. The second-order valence-corrected chi connectivity index (χ2v) is 6.45. The molecule has 1 aromatic carbocycles. The normalized spacial score (nSPS) is 18.4. The quantitative estimate of drug-likeness (QED) is 0.922. The van der Waals surface area contributed by atoms with Crippen molar-refractivity contribution in [2.75, 3.05) is 13.1 Å². The third kappa shape index (κ3) is 2.49. The number of fused-ring (bicyclic) bond motifs is 1. The van der Waals surface area contributed by atoms with Gasteiger partial charge in [-0.3, -0.25) is 9.59 Å². The molecular weight excluding hydrogens is 315 g/mol. The molecule has 1 fully saturated rings. The first-order valence-corrected chi connectivity index (χ1v) is 7.63. The number of benzene rings is 1. The molecule has 3 rings (SSSR count). The maximum Gasteiger partial charge on any atom is 0.265 e. The molecule has 1 aliphatic rings. The molecule has 1 aliphatic heterocycles. The molecule has 2 amide bonds. The van der Waals surface area contributed by atoms with E-state index in [1.807, 2.05) is 0 Å². The molecule has 0 bridgehead atoms. The lowest BCUT2D eigenvalue weighted by molar-refractivity contribution is -0.121. The van der Waals surface area contributed by atoms with Gasteiger partial charge in [-0.2, -0.15) is 0 Å². The number of nitrogens with two attached hydrogens (primary N) is 1. The van der Waals surface area contributed by atoms with Crippen LogP contribution in [0.15, 0.2) is 18.2 Å². The SMILES string of the molecule is NC(=O)[C@@H]1CCN(C(=O)c2sc3cc(F)ccc3c2Cl)C1. The van der Waals surface area contributed by atoms with Crippen molar-refractivity contribution in [1.29, 1.82) is 0 Å². The van der Waals surface area contributed by atoms with E-state index in [-0.39, 0.29) is 17.6 Å². The zero-order chi connectivity index (χ0) is 15.1. The van der Waals surface area contributed by atoms with E-state index < -0.39 is 5.91 Å². The van der Waals surface area contributed by atoms with Gasteiger partial charge in [0.1, 0.15) is 10.7 Å². The van der Waals surface area contributed by atoms with Crippen LogP contribution in [-0.4, -0.2) is 29.8 Å². The molecule has 0 radical (unpaired) electrons. The van der Waals surface area contributed by atoms with E-state index in [0.717, 1.165) is 11.3 Å². The van der Waals surface area contributed by atoms with Gasteiger partial charge < -0.3 is 10.6 Å². The van der Waals surface area contributed by atoms with Crippen molar-refractivity contribution in [3.05, 3.63) is 33.9 Å². The molecular formula is C14H12ClFN2O2S. The Bertz CT molecular complexity index is 746. The number of likely N-dealkylation sites (tertiary alicyclic amines) is 1. The van der Waals surface area contributed by atoms with Crippen LogP contribution in [0.25, 0.3) is 10.1 Å². The van der Waals surface area contributed by atoms with Gasteiger partial charge in [0.25, 0.3) is 5.91 Å². The van der Waals surface area contributed by atoms with E-state index >= 15 is 0 Å². The molecule has 2 aromatic rings. The number of thiophene rings is 1. The van der Waals surface area contributed by atoms with Gasteiger partial charge in [0.15, 0.2) is 0 Å². The molecule has 0 saturated carbocycles. The first-order chi connectivity index (χ1) is 9.97. The standard InChI is InChI=1S/C14H12ClFN2O2S/c15-11-9-2-1-8(16)5-10(9)21-12(11)14(20)18-4-3-7(6-18)13(17)19/h1-2,5,7H,3-4,6H2,(H2,17,19)/t7-/m1/s1. The Morgan fingerprint density at radius 3 is 2.86 bits per heavy atom. The monoisotopic (exact) mass is 326 g/mol. The first-order valence-electron chi connectivity index (χ1n) is 6.43. The molecule has 0 spiro atoms. The average molecular weight is 327 g/mol. The molecule has 1 saturated heterocycles. The second-order valence-electron chi connectivity index (χ2n) is 5.02. The number of carbonyl (C=O) groups excluding carboxylic acids is 2. The summed E-state index contributed by atoms with van der Waals surface area (Å²) in [5.41, 5.74) is 5.26. The summed E-state index contributed by atoms with van der Waals surface area (Å²) in [6, 6.07) is 4.24. The minimum absolute atomic E-state index is 0.231. The Kier molecular flexibility index (Phi) is 3.59. The maximum absolute atomic E-state index is 13.2. The highest BCUT2D eigenvalue weighted by Gasteiger charge is 2.32. The Morgan fingerprint density at radius 2 is 2.19 bits per heavy atom. The lowest BCUT2D eigenvalue weighted by Gasteiger charge is -2.14. The van der Waals surface area contributed by atoms with Crippen molar-refractivity contribution in [3.8, 4) is 0 Å². The van der Waals surface area contributed by atoms with Gasteiger partial charge in [-0.15, -0.1) is 11.3 Å². The highest BCUT2D eigenvalue weighted by atomic mass is 35.5. The number of hydrogen-bond donors (Lipinski definition) is 1. The molecule has 21 heavy (non-hydrogen) atoms. The van der Waals surface area contributed by atoms with Crippen LogP contribution >= 0.6 is 22.9 Å². The molecule has 0 aliphatic carbocycles. The summed E-state index contributed by atoms with van der Waals surface area (Å²) in [5, 5.41) is 1.000. The van der Waals surface area contributed by atoms with E-state index in [4.69, 9.17) is 17.3 Å². The Morgan fingerprint density at radius 1 is 1.43 bits per heavy atom. The largest absolute Gasteiger partial charge is 0.369 e. The van der Waals surface area contributed by atoms with E-state index in [9.17, 15) is 14.0 Å². The summed E-state index contributed by atoms with van der Waals surface area (Å²) in [7, 11) is 0. The number of halogens is 2. The predicted octanol–water partition coefficient (Wildman–Crippen LogP) is 2.64. The zero-order valence-corrected chi connectivity index (χ0v) is 12.5. The lowest BCUT2D eigenvalue weighted by Crippen LogP contribution is -2.31. The third-order valence-electron chi connectivity index (χ3n) is 3.66. The van der Waals surface area contributed by atoms with E-state index in [0.29, 0.717) is 39.5 Å². The predicted molar refractivity (Wildman–Crippen MR) is 80.0 cm³/mol. The number of hydrogen-bond acceptors (Lipinski definition) is 3. The number of nitrogens with zero attached hydrogens (tertiary/aromatic N) is 1. The fourth-order valence-corrected chi connectivity index (χ4v) is 4.00. The number of carbonyl (C=O) groups is 2. The highest BCUT2D eigenvalue weighted by molar-refractivity contribution is 7.21. The molecule has 0 unspecified atom stereocenters. The van der Waals surface area contributed by atoms with Gasteiger partial charge in [0.2, 0.25) is 5.91 Å². The maximum atomic E-state index is 13.2. The summed E-state index contributed by atoms with van der Waals surface area (Å²) in [4.78, 5) is 25.6. The summed E-state index contributed by atoms with van der Waals surface area (Å²) in [6.45, 7) is 0.790. The van der Waals surface area contributed by atoms with Gasteiger partial charge in [0.05, 0.1) is 10.9 Å². The Balaban J connectivity index is 1.92. The van der Waals surface area contributed by atoms with Crippen molar-refractivity contribution in [2.45, 2.75) is 6.42 Å². The summed E-state index contributed by atoms with van der Waals surface area (Å²) in [5.74, 6) is -1.30. The smallest absolute Gasteiger partial charge is 0.265 e. The van der Waals surface area contributed by atoms with Crippen molar-refractivity contribution in [2.24, 2.45) is 11.7 Å². The van der Waals surface area contributed by atoms with Crippen LogP contribution in [-0.2, 0) is 4.79 Å². The van der Waals surface area contributed by atoms with Gasteiger partial charge in [-0.25, -0.2) is 4.39 Å². The van der Waals surface area contributed by atoms with E-state index in [2.05, 4.69) is 0 Å². The van der Waals surface area contributed by atoms with Gasteiger partial charge >= 0.3 is 0 Å². The highest BCUT2D eigenvalue weighted by Crippen LogP contribution is 2.37. The van der Waals surface area contributed by atoms with E-state index in [1.54, 1.807) is 11.0 Å². The first kappa shape index (κ1) is 14.3. The minimum atomic E-state index is -0.394. The Labute approximate surface area is 129 Å². The second kappa shape index (κ2) is 5.27. The fraction of sp³-hybridized carbons (Fsp3) is 0.286. The molecule has 7 heteroatoms. The minimum Gasteiger partial charge on any atom is -0.369 e. The van der Waals surface area contributed by atoms with Gasteiger partial charge in [0, 0.05) is 23.2 Å². The van der Waals surface area contributed by atoms with Crippen molar-refractivity contribution in [1.82, 2.24) is 4.90 Å². The zero-order valence-electron chi connectivity index (χ0n) is 10.9. The molecule has 110 valence electrons. The molecule has 1 atom stereocenters. The van der Waals surface area contributed by atoms with Crippen LogP contribution in [0.4, 0.5) is 4.39 Å². The van der Waals surface area contributed by atoms with E-state index in [1.165, 1.54) is 12.1 Å². The molecule has 1 aromatic heterocycles. The van der Waals surface area contributed by atoms with Crippen LogP contribution < -0.4 is 5.73 Å². The van der Waals surface area contributed by atoms with Crippen LogP contribution in [0.5, 0.6) is 0 Å². The number of amides is 2. The Hall–Kier alpha value is -1.66. The third-order valence-corrected chi connectivity index (χ3v) is 5.31. The summed E-state index contributed by atoms with van der Waals surface area (Å²) >= 11 is 7.39. The average Bonchev–Trinajstić information content (AvgIpc) is 3.03. The van der Waals surface area contributed by atoms with Gasteiger partial charge in [-0.05, 0) is 24.6 Å².